The minimum atomic E-state index is -0.239. The summed E-state index contributed by atoms with van der Waals surface area (Å²) in [7, 11) is 0. The first-order valence-electron chi connectivity index (χ1n) is 7.77. The molecule has 0 N–H and O–H groups in total. The maximum Gasteiger partial charge on any atom is 0.264 e. The molecule has 2 nitrogen and oxygen atoms in total. The van der Waals surface area contributed by atoms with Gasteiger partial charge in [-0.2, -0.15) is 0 Å². The first-order chi connectivity index (χ1) is 10.6. The highest BCUT2D eigenvalue weighted by atomic mass is 32.1. The van der Waals surface area contributed by atoms with Gasteiger partial charge in [-0.25, -0.2) is 4.39 Å². The first-order valence-corrected chi connectivity index (χ1v) is 8.59. The summed E-state index contributed by atoms with van der Waals surface area (Å²) in [6, 6.07) is 8.84. The van der Waals surface area contributed by atoms with E-state index in [1.54, 1.807) is 12.1 Å². The van der Waals surface area contributed by atoms with Crippen LogP contribution in [0.5, 0.6) is 0 Å². The van der Waals surface area contributed by atoms with E-state index in [2.05, 4.69) is 0 Å². The van der Waals surface area contributed by atoms with Crippen LogP contribution in [-0.4, -0.2) is 23.4 Å². The summed E-state index contributed by atoms with van der Waals surface area (Å²) in [4.78, 5) is 16.6. The molecule has 2 aromatic rings. The number of carbonyl (C=O) groups excluding carboxylic acids is 1. The van der Waals surface area contributed by atoms with Crippen LogP contribution in [0.25, 0.3) is 10.4 Å². The van der Waals surface area contributed by atoms with Gasteiger partial charge >= 0.3 is 0 Å². The summed E-state index contributed by atoms with van der Waals surface area (Å²) >= 11 is 1.51. The molecule has 4 heteroatoms. The Morgan fingerprint density at radius 3 is 2.55 bits per heavy atom. The van der Waals surface area contributed by atoms with Crippen LogP contribution < -0.4 is 0 Å². The van der Waals surface area contributed by atoms with Crippen LogP contribution in [0.4, 0.5) is 4.39 Å². The third-order valence-corrected chi connectivity index (χ3v) is 5.63. The minimum absolute atomic E-state index is 0.133. The Bertz CT molecular complexity index is 673. The lowest BCUT2D eigenvalue weighted by Gasteiger charge is -2.36. The third kappa shape index (κ3) is 2.80. The number of halogens is 1. The Morgan fingerprint density at radius 2 is 2.00 bits per heavy atom. The van der Waals surface area contributed by atoms with E-state index in [-0.39, 0.29) is 11.7 Å². The third-order valence-electron chi connectivity index (χ3n) is 4.35. The van der Waals surface area contributed by atoms with E-state index in [0.29, 0.717) is 6.04 Å². The van der Waals surface area contributed by atoms with Crippen LogP contribution in [-0.2, 0) is 0 Å². The summed E-state index contributed by atoms with van der Waals surface area (Å²) in [5.74, 6) is -0.106. The van der Waals surface area contributed by atoms with E-state index < -0.39 is 0 Å². The van der Waals surface area contributed by atoms with Crippen molar-refractivity contribution >= 4 is 17.2 Å². The molecule has 1 fully saturated rings. The predicted molar refractivity (Wildman–Crippen MR) is 88.8 cm³/mol. The van der Waals surface area contributed by atoms with Crippen LogP contribution in [0.1, 0.15) is 41.4 Å². The monoisotopic (exact) mass is 317 g/mol. The Hall–Kier alpha value is -1.68. The van der Waals surface area contributed by atoms with Crippen LogP contribution in [0, 0.1) is 12.7 Å². The standard InChI is InChI=1S/C18H20FNOS/c1-3-20(15-5-4-6-15)18(21)16-11-12(2)17(22-16)13-7-9-14(19)10-8-13/h7-11,15H,3-6H2,1-2H3. The van der Waals surface area contributed by atoms with Crippen LogP contribution in [0.2, 0.25) is 0 Å². The Balaban J connectivity index is 1.87. The average Bonchev–Trinajstić information content (AvgIpc) is 2.85. The Morgan fingerprint density at radius 1 is 1.32 bits per heavy atom. The van der Waals surface area contributed by atoms with Gasteiger partial charge in [-0.3, -0.25) is 4.79 Å². The largest absolute Gasteiger partial charge is 0.335 e. The van der Waals surface area contributed by atoms with Crippen molar-refractivity contribution in [2.75, 3.05) is 6.54 Å². The lowest BCUT2D eigenvalue weighted by Crippen LogP contribution is -2.43. The fourth-order valence-electron chi connectivity index (χ4n) is 2.88. The number of hydrogen-bond acceptors (Lipinski definition) is 2. The van der Waals surface area contributed by atoms with E-state index in [0.717, 1.165) is 40.3 Å². The molecule has 1 heterocycles. The summed E-state index contributed by atoms with van der Waals surface area (Å²) in [5, 5.41) is 0. The van der Waals surface area contributed by atoms with Gasteiger partial charge in [0, 0.05) is 17.5 Å². The van der Waals surface area contributed by atoms with E-state index in [1.807, 2.05) is 24.8 Å². The van der Waals surface area contributed by atoms with Crippen molar-refractivity contribution in [3.63, 3.8) is 0 Å². The number of hydrogen-bond donors (Lipinski definition) is 0. The van der Waals surface area contributed by atoms with Gasteiger partial charge in [-0.1, -0.05) is 12.1 Å². The second-order valence-electron chi connectivity index (χ2n) is 5.81. The van der Waals surface area contributed by atoms with Gasteiger partial charge in [-0.15, -0.1) is 11.3 Å². The summed E-state index contributed by atoms with van der Waals surface area (Å²) in [6.45, 7) is 4.80. The molecule has 0 bridgehead atoms. The molecule has 1 aromatic heterocycles. The highest BCUT2D eigenvalue weighted by molar-refractivity contribution is 7.17. The molecule has 116 valence electrons. The fraction of sp³-hybridized carbons (Fsp3) is 0.389. The number of nitrogens with zero attached hydrogens (tertiary/aromatic N) is 1. The van der Waals surface area contributed by atoms with E-state index >= 15 is 0 Å². The molecule has 1 aliphatic carbocycles. The highest BCUT2D eigenvalue weighted by Crippen LogP contribution is 2.34. The van der Waals surface area contributed by atoms with Crippen molar-refractivity contribution < 1.29 is 9.18 Å². The highest BCUT2D eigenvalue weighted by Gasteiger charge is 2.29. The summed E-state index contributed by atoms with van der Waals surface area (Å²) in [5.41, 5.74) is 2.04. The second kappa shape index (κ2) is 6.21. The van der Waals surface area contributed by atoms with Crippen molar-refractivity contribution in [3.05, 3.63) is 46.6 Å². The van der Waals surface area contributed by atoms with Crippen molar-refractivity contribution in [3.8, 4) is 10.4 Å². The summed E-state index contributed by atoms with van der Waals surface area (Å²) < 4.78 is 13.1. The lowest BCUT2D eigenvalue weighted by atomic mass is 9.91. The van der Waals surface area contributed by atoms with Crippen LogP contribution >= 0.6 is 11.3 Å². The maximum atomic E-state index is 13.1. The molecule has 0 unspecified atom stereocenters. The Labute approximate surface area is 134 Å². The minimum Gasteiger partial charge on any atom is -0.335 e. The van der Waals surface area contributed by atoms with Crippen molar-refractivity contribution in [1.29, 1.82) is 0 Å². The van der Waals surface area contributed by atoms with Crippen molar-refractivity contribution in [1.82, 2.24) is 4.90 Å². The van der Waals surface area contributed by atoms with E-state index in [1.165, 1.54) is 29.9 Å². The molecule has 22 heavy (non-hydrogen) atoms. The molecule has 1 saturated carbocycles. The van der Waals surface area contributed by atoms with E-state index in [4.69, 9.17) is 0 Å². The molecular formula is C18H20FNOS. The second-order valence-corrected chi connectivity index (χ2v) is 6.86. The SMILES string of the molecule is CCN(C(=O)c1cc(C)c(-c2ccc(F)cc2)s1)C1CCC1. The zero-order valence-electron chi connectivity index (χ0n) is 12.9. The van der Waals surface area contributed by atoms with E-state index in [9.17, 15) is 9.18 Å². The van der Waals surface area contributed by atoms with Gasteiger partial charge in [-0.05, 0) is 62.4 Å². The van der Waals surface area contributed by atoms with Gasteiger partial charge in [0.05, 0.1) is 4.88 Å². The molecule has 1 amide bonds. The first kappa shape index (κ1) is 15.2. The van der Waals surface area contributed by atoms with Gasteiger partial charge < -0.3 is 4.90 Å². The molecule has 0 aliphatic heterocycles. The molecule has 0 radical (unpaired) electrons. The number of amides is 1. The maximum absolute atomic E-state index is 13.1. The molecule has 1 aromatic carbocycles. The van der Waals surface area contributed by atoms with Crippen LogP contribution in [0.3, 0.4) is 0 Å². The molecule has 0 atom stereocenters. The Kier molecular flexibility index (Phi) is 4.30. The fourth-order valence-corrected chi connectivity index (χ4v) is 4.02. The van der Waals surface area contributed by atoms with Gasteiger partial charge in [0.15, 0.2) is 0 Å². The number of aryl methyl sites for hydroxylation is 1. The smallest absolute Gasteiger partial charge is 0.264 e. The van der Waals surface area contributed by atoms with Gasteiger partial charge in [0.2, 0.25) is 0 Å². The van der Waals surface area contributed by atoms with Crippen molar-refractivity contribution in [2.45, 2.75) is 39.2 Å². The topological polar surface area (TPSA) is 20.3 Å². The normalized spacial score (nSPS) is 14.7. The van der Waals surface area contributed by atoms with Gasteiger partial charge in [0.25, 0.3) is 5.91 Å². The predicted octanol–water partition coefficient (Wildman–Crippen LogP) is 4.88. The number of rotatable bonds is 4. The zero-order chi connectivity index (χ0) is 15.7. The quantitative estimate of drug-likeness (QED) is 0.787. The molecule has 0 spiro atoms. The zero-order valence-corrected chi connectivity index (χ0v) is 13.8. The molecule has 1 aliphatic rings. The number of carbonyl (C=O) groups is 1. The lowest BCUT2D eigenvalue weighted by molar-refractivity contribution is 0.0601. The van der Waals surface area contributed by atoms with Crippen LogP contribution in [0.15, 0.2) is 30.3 Å². The van der Waals surface area contributed by atoms with Crippen molar-refractivity contribution in [2.24, 2.45) is 0 Å². The molecular weight excluding hydrogens is 297 g/mol. The average molecular weight is 317 g/mol. The van der Waals surface area contributed by atoms with Gasteiger partial charge in [0.1, 0.15) is 5.82 Å². The number of thiophene rings is 1. The molecule has 0 saturated heterocycles. The molecule has 3 rings (SSSR count). The number of benzene rings is 1. The summed E-state index contributed by atoms with van der Waals surface area (Å²) in [6.07, 6.45) is 3.46.